The van der Waals surface area contributed by atoms with Gasteiger partial charge in [0.1, 0.15) is 0 Å². The van der Waals surface area contributed by atoms with E-state index in [1.165, 1.54) is 58.3 Å². The lowest BCUT2D eigenvalue weighted by atomic mass is 10.1. The summed E-state index contributed by atoms with van der Waals surface area (Å²) in [6.45, 7) is 2.23. The maximum absolute atomic E-state index is 11.3. The molecule has 0 heterocycles. The maximum Gasteiger partial charge on any atom is 0.310 e. The van der Waals surface area contributed by atoms with Crippen molar-refractivity contribution in [1.29, 1.82) is 0 Å². The van der Waals surface area contributed by atoms with Crippen LogP contribution in [0.5, 0.6) is 0 Å². The highest BCUT2D eigenvalue weighted by molar-refractivity contribution is 5.72. The molecule has 0 fully saturated rings. The van der Waals surface area contributed by atoms with Crippen molar-refractivity contribution in [3.05, 3.63) is 12.3 Å². The fourth-order valence-electron chi connectivity index (χ4n) is 2.13. The first kappa shape index (κ1) is 20.7. The highest BCUT2D eigenvalue weighted by Crippen LogP contribution is 2.09. The summed E-state index contributed by atoms with van der Waals surface area (Å²) in [5.74, 6) is -0.589. The summed E-state index contributed by atoms with van der Waals surface area (Å²) in [6, 6.07) is 0. The molecular weight excluding hydrogens is 280 g/mol. The fraction of sp³-hybridized carbons (Fsp3) is 0.778. The van der Waals surface area contributed by atoms with Crippen LogP contribution in [0, 0.1) is 0 Å². The number of esters is 2. The Kier molecular flexibility index (Phi) is 15.1. The van der Waals surface area contributed by atoms with Gasteiger partial charge in [-0.25, -0.2) is 0 Å². The lowest BCUT2D eigenvalue weighted by molar-refractivity contribution is -0.141. The number of methoxy groups -OCH3 is 1. The van der Waals surface area contributed by atoms with Crippen LogP contribution < -0.4 is 0 Å². The zero-order chi connectivity index (χ0) is 16.5. The third-order valence-corrected chi connectivity index (χ3v) is 3.51. The monoisotopic (exact) mass is 312 g/mol. The molecule has 0 aromatic carbocycles. The molecule has 0 spiro atoms. The predicted octanol–water partition coefficient (Wildman–Crippen LogP) is 4.92. The van der Waals surface area contributed by atoms with Gasteiger partial charge in [-0.1, -0.05) is 51.9 Å². The number of ether oxygens (including phenoxy) is 2. The van der Waals surface area contributed by atoms with E-state index in [0.29, 0.717) is 6.42 Å². The van der Waals surface area contributed by atoms with Gasteiger partial charge in [-0.05, 0) is 25.3 Å². The van der Waals surface area contributed by atoms with E-state index >= 15 is 0 Å². The average Bonchev–Trinajstić information content (AvgIpc) is 2.52. The molecule has 0 unspecified atom stereocenters. The second-order valence-corrected chi connectivity index (χ2v) is 5.55. The van der Waals surface area contributed by atoms with Gasteiger partial charge in [-0.2, -0.15) is 0 Å². The standard InChI is InChI=1S/C18H32O4/c1-3-4-5-6-7-8-9-10-11-12-16-22-18(20)15-13-14-17(19)21-2/h12,16H,3-11,13-15H2,1-2H3. The predicted molar refractivity (Wildman–Crippen MR) is 88.3 cm³/mol. The van der Waals surface area contributed by atoms with E-state index in [-0.39, 0.29) is 24.8 Å². The number of rotatable bonds is 14. The molecular formula is C18H32O4. The SMILES string of the molecule is CCCCCCCCCCC=COC(=O)CCCC(=O)OC. The molecule has 4 heteroatoms. The zero-order valence-electron chi connectivity index (χ0n) is 14.3. The van der Waals surface area contributed by atoms with Crippen LogP contribution in [0.3, 0.4) is 0 Å². The molecule has 22 heavy (non-hydrogen) atoms. The quantitative estimate of drug-likeness (QED) is 0.259. The number of allylic oxidation sites excluding steroid dienone is 1. The number of carbonyl (C=O) groups is 2. The van der Waals surface area contributed by atoms with Crippen LogP contribution >= 0.6 is 0 Å². The highest BCUT2D eigenvalue weighted by Gasteiger charge is 2.04. The molecule has 0 aliphatic heterocycles. The topological polar surface area (TPSA) is 52.6 Å². The fourth-order valence-corrected chi connectivity index (χ4v) is 2.13. The lowest BCUT2D eigenvalue weighted by Gasteiger charge is -2.00. The van der Waals surface area contributed by atoms with Gasteiger partial charge in [-0.3, -0.25) is 9.59 Å². The van der Waals surface area contributed by atoms with Crippen LogP contribution in [0.1, 0.15) is 84.0 Å². The summed E-state index contributed by atoms with van der Waals surface area (Å²) in [7, 11) is 1.34. The minimum Gasteiger partial charge on any atom is -0.469 e. The number of hydrogen-bond donors (Lipinski definition) is 0. The second kappa shape index (κ2) is 16.1. The van der Waals surface area contributed by atoms with Gasteiger partial charge in [0.05, 0.1) is 13.4 Å². The molecule has 128 valence electrons. The number of carbonyl (C=O) groups excluding carboxylic acids is 2. The van der Waals surface area contributed by atoms with Crippen molar-refractivity contribution in [2.75, 3.05) is 7.11 Å². The molecule has 0 saturated carbocycles. The summed E-state index contributed by atoms with van der Waals surface area (Å²) in [4.78, 5) is 22.2. The van der Waals surface area contributed by atoms with Crippen molar-refractivity contribution in [1.82, 2.24) is 0 Å². The Bertz CT molecular complexity index is 310. The van der Waals surface area contributed by atoms with Crippen LogP contribution in [-0.2, 0) is 19.1 Å². The minimum atomic E-state index is -0.295. The molecule has 0 amide bonds. The largest absolute Gasteiger partial charge is 0.469 e. The van der Waals surface area contributed by atoms with Gasteiger partial charge in [-0.15, -0.1) is 0 Å². The van der Waals surface area contributed by atoms with E-state index in [0.717, 1.165) is 12.8 Å². The maximum atomic E-state index is 11.3. The summed E-state index contributed by atoms with van der Waals surface area (Å²) in [5, 5.41) is 0. The number of hydrogen-bond acceptors (Lipinski definition) is 4. The van der Waals surface area contributed by atoms with E-state index in [2.05, 4.69) is 11.7 Å². The van der Waals surface area contributed by atoms with E-state index in [9.17, 15) is 9.59 Å². The molecule has 0 atom stereocenters. The summed E-state index contributed by atoms with van der Waals surface area (Å²) in [6.07, 6.45) is 15.7. The van der Waals surface area contributed by atoms with Crippen LogP contribution in [0.25, 0.3) is 0 Å². The Labute approximate surface area is 135 Å². The van der Waals surface area contributed by atoms with E-state index in [1.54, 1.807) is 0 Å². The van der Waals surface area contributed by atoms with Gasteiger partial charge in [0, 0.05) is 12.8 Å². The van der Waals surface area contributed by atoms with Crippen LogP contribution in [0.15, 0.2) is 12.3 Å². The summed E-state index contributed by atoms with van der Waals surface area (Å²) >= 11 is 0. The molecule has 0 aromatic heterocycles. The van der Waals surface area contributed by atoms with E-state index in [1.807, 2.05) is 6.08 Å². The smallest absolute Gasteiger partial charge is 0.310 e. The van der Waals surface area contributed by atoms with Gasteiger partial charge < -0.3 is 9.47 Å². The average molecular weight is 312 g/mol. The summed E-state index contributed by atoms with van der Waals surface area (Å²) < 4.78 is 9.46. The van der Waals surface area contributed by atoms with E-state index < -0.39 is 0 Å². The van der Waals surface area contributed by atoms with Gasteiger partial charge in [0.2, 0.25) is 0 Å². The van der Waals surface area contributed by atoms with Crippen molar-refractivity contribution in [3.8, 4) is 0 Å². The third kappa shape index (κ3) is 15.1. The Balaban J connectivity index is 3.32. The normalized spacial score (nSPS) is 10.8. The van der Waals surface area contributed by atoms with Crippen molar-refractivity contribution < 1.29 is 19.1 Å². The first-order valence-electron chi connectivity index (χ1n) is 8.62. The summed E-state index contributed by atoms with van der Waals surface area (Å²) in [5.41, 5.74) is 0. The third-order valence-electron chi connectivity index (χ3n) is 3.51. The molecule has 0 aromatic rings. The van der Waals surface area contributed by atoms with E-state index in [4.69, 9.17) is 4.74 Å². The Hall–Kier alpha value is -1.32. The molecule has 0 aliphatic rings. The molecule has 0 N–H and O–H groups in total. The van der Waals surface area contributed by atoms with Gasteiger partial charge in [0.25, 0.3) is 0 Å². The molecule has 0 radical (unpaired) electrons. The van der Waals surface area contributed by atoms with Crippen LogP contribution in [0.2, 0.25) is 0 Å². The van der Waals surface area contributed by atoms with Crippen molar-refractivity contribution in [2.24, 2.45) is 0 Å². The highest BCUT2D eigenvalue weighted by atomic mass is 16.5. The molecule has 0 saturated heterocycles. The van der Waals surface area contributed by atoms with Gasteiger partial charge >= 0.3 is 11.9 Å². The lowest BCUT2D eigenvalue weighted by Crippen LogP contribution is -2.04. The second-order valence-electron chi connectivity index (χ2n) is 5.55. The minimum absolute atomic E-state index is 0.247. The first-order chi connectivity index (χ1) is 10.7. The molecule has 0 aliphatic carbocycles. The molecule has 0 rings (SSSR count). The van der Waals surface area contributed by atoms with Gasteiger partial charge in [0.15, 0.2) is 0 Å². The van der Waals surface area contributed by atoms with Crippen molar-refractivity contribution in [2.45, 2.75) is 84.0 Å². The first-order valence-corrected chi connectivity index (χ1v) is 8.62. The Morgan fingerprint density at radius 1 is 0.818 bits per heavy atom. The Morgan fingerprint density at radius 3 is 2.05 bits per heavy atom. The number of unbranched alkanes of at least 4 members (excludes halogenated alkanes) is 8. The zero-order valence-corrected chi connectivity index (χ0v) is 14.3. The Morgan fingerprint density at radius 2 is 1.41 bits per heavy atom. The van der Waals surface area contributed by atoms with Crippen LogP contribution in [0.4, 0.5) is 0 Å². The molecule has 4 nitrogen and oxygen atoms in total. The molecule has 0 bridgehead atoms. The van der Waals surface area contributed by atoms with Crippen LogP contribution in [-0.4, -0.2) is 19.0 Å². The van der Waals surface area contributed by atoms with Crippen molar-refractivity contribution >= 4 is 11.9 Å². The van der Waals surface area contributed by atoms with Crippen molar-refractivity contribution in [3.63, 3.8) is 0 Å².